The van der Waals surface area contributed by atoms with Gasteiger partial charge in [0.25, 0.3) is 0 Å². The minimum Gasteiger partial charge on any atom is -0.487 e. The molecule has 0 amide bonds. The second kappa shape index (κ2) is 3.96. The summed E-state index contributed by atoms with van der Waals surface area (Å²) in [5, 5.41) is 13.4. The molecule has 2 aliphatic heterocycles. The van der Waals surface area contributed by atoms with Crippen LogP contribution in [0.2, 0.25) is 0 Å². The van der Waals surface area contributed by atoms with Crippen LogP contribution in [0, 0.1) is 5.82 Å². The molecule has 3 nitrogen and oxygen atoms in total. The molecule has 1 saturated heterocycles. The molecule has 0 saturated carbocycles. The summed E-state index contributed by atoms with van der Waals surface area (Å²) < 4.78 is 19.2. The monoisotopic (exact) mass is 237 g/mol. The van der Waals surface area contributed by atoms with Gasteiger partial charge in [-0.25, -0.2) is 4.39 Å². The predicted octanol–water partition coefficient (Wildman–Crippen LogP) is 1.76. The highest BCUT2D eigenvalue weighted by Crippen LogP contribution is 2.43. The Hall–Kier alpha value is -1.13. The van der Waals surface area contributed by atoms with Crippen LogP contribution in [-0.4, -0.2) is 23.8 Å². The third-order valence-corrected chi connectivity index (χ3v) is 3.74. The first-order valence-electron chi connectivity index (χ1n) is 6.06. The average molecular weight is 237 g/mol. The normalized spacial score (nSPS) is 26.4. The Labute approximate surface area is 99.6 Å². The van der Waals surface area contributed by atoms with E-state index < -0.39 is 6.10 Å². The Morgan fingerprint density at radius 3 is 2.88 bits per heavy atom. The van der Waals surface area contributed by atoms with Gasteiger partial charge < -0.3 is 15.2 Å². The summed E-state index contributed by atoms with van der Waals surface area (Å²) >= 11 is 0. The summed E-state index contributed by atoms with van der Waals surface area (Å²) in [6.45, 7) is 1.77. The topological polar surface area (TPSA) is 41.5 Å². The van der Waals surface area contributed by atoms with Crippen LogP contribution in [0.5, 0.6) is 5.75 Å². The number of nitrogens with one attached hydrogen (secondary N) is 1. The van der Waals surface area contributed by atoms with Crippen LogP contribution in [0.15, 0.2) is 18.2 Å². The molecular weight excluding hydrogens is 221 g/mol. The number of piperidine rings is 1. The van der Waals surface area contributed by atoms with Crippen molar-refractivity contribution in [2.75, 3.05) is 13.1 Å². The van der Waals surface area contributed by atoms with Gasteiger partial charge in [0.15, 0.2) is 0 Å². The summed E-state index contributed by atoms with van der Waals surface area (Å²) in [6.07, 6.45) is 1.78. The molecule has 1 aromatic rings. The average Bonchev–Trinajstić information content (AvgIpc) is 2.29. The summed E-state index contributed by atoms with van der Waals surface area (Å²) in [5.74, 6) is 0.188. The Bertz CT molecular complexity index is 429. The maximum Gasteiger partial charge on any atom is 0.128 e. The summed E-state index contributed by atoms with van der Waals surface area (Å²) in [4.78, 5) is 0. The van der Waals surface area contributed by atoms with E-state index in [1.165, 1.54) is 12.1 Å². The molecule has 1 spiro atoms. The molecule has 0 aliphatic carbocycles. The van der Waals surface area contributed by atoms with Crippen molar-refractivity contribution >= 4 is 0 Å². The van der Waals surface area contributed by atoms with E-state index in [0.717, 1.165) is 25.9 Å². The van der Waals surface area contributed by atoms with Gasteiger partial charge in [0.2, 0.25) is 0 Å². The fourth-order valence-corrected chi connectivity index (χ4v) is 2.80. The number of hydrogen-bond donors (Lipinski definition) is 2. The van der Waals surface area contributed by atoms with Gasteiger partial charge in [-0.3, -0.25) is 0 Å². The van der Waals surface area contributed by atoms with Crippen LogP contribution in [0.4, 0.5) is 4.39 Å². The van der Waals surface area contributed by atoms with Crippen molar-refractivity contribution in [2.24, 2.45) is 0 Å². The van der Waals surface area contributed by atoms with Crippen molar-refractivity contribution in [3.63, 3.8) is 0 Å². The lowest BCUT2D eigenvalue weighted by Crippen LogP contribution is -2.49. The van der Waals surface area contributed by atoms with Crippen LogP contribution in [-0.2, 0) is 0 Å². The fourth-order valence-electron chi connectivity index (χ4n) is 2.80. The van der Waals surface area contributed by atoms with E-state index in [-0.39, 0.29) is 11.4 Å². The zero-order valence-corrected chi connectivity index (χ0v) is 9.58. The number of aliphatic hydroxyl groups is 1. The van der Waals surface area contributed by atoms with Gasteiger partial charge in [-0.1, -0.05) is 0 Å². The first-order chi connectivity index (χ1) is 8.19. The quantitative estimate of drug-likeness (QED) is 0.722. The van der Waals surface area contributed by atoms with E-state index in [1.807, 2.05) is 0 Å². The van der Waals surface area contributed by atoms with Gasteiger partial charge in [-0.2, -0.15) is 0 Å². The minimum absolute atomic E-state index is 0.314. The van der Waals surface area contributed by atoms with Crippen molar-refractivity contribution < 1.29 is 14.2 Å². The summed E-state index contributed by atoms with van der Waals surface area (Å²) in [5.41, 5.74) is 0.390. The first-order valence-corrected chi connectivity index (χ1v) is 6.06. The Morgan fingerprint density at radius 1 is 1.35 bits per heavy atom. The number of ether oxygens (including phenoxy) is 1. The van der Waals surface area contributed by atoms with E-state index in [2.05, 4.69) is 5.32 Å². The lowest BCUT2D eigenvalue weighted by atomic mass is 9.82. The maximum atomic E-state index is 13.2. The van der Waals surface area contributed by atoms with Gasteiger partial charge >= 0.3 is 0 Å². The second-order valence-electron chi connectivity index (χ2n) is 4.94. The molecule has 2 N–H and O–H groups in total. The van der Waals surface area contributed by atoms with E-state index in [0.29, 0.717) is 17.7 Å². The zero-order chi connectivity index (χ0) is 11.9. The number of halogens is 1. The maximum absolute atomic E-state index is 13.2. The molecule has 1 atom stereocenters. The molecule has 0 bridgehead atoms. The van der Waals surface area contributed by atoms with Crippen molar-refractivity contribution in [3.8, 4) is 5.75 Å². The van der Waals surface area contributed by atoms with Crippen molar-refractivity contribution in [1.82, 2.24) is 5.32 Å². The molecule has 0 unspecified atom stereocenters. The van der Waals surface area contributed by atoms with Crippen molar-refractivity contribution in [1.29, 1.82) is 0 Å². The first kappa shape index (κ1) is 11.0. The smallest absolute Gasteiger partial charge is 0.128 e. The SMILES string of the molecule is O[C@@H]1CC2(CCNCC2)Oc2cc(F)ccc21. The van der Waals surface area contributed by atoms with Crippen LogP contribution >= 0.6 is 0 Å². The van der Waals surface area contributed by atoms with E-state index >= 15 is 0 Å². The van der Waals surface area contributed by atoms with Gasteiger partial charge in [-0.15, -0.1) is 0 Å². The predicted molar refractivity (Wildman–Crippen MR) is 61.4 cm³/mol. The molecule has 3 rings (SSSR count). The van der Waals surface area contributed by atoms with Gasteiger partial charge in [-0.05, 0) is 38.1 Å². The third kappa shape index (κ3) is 1.91. The molecule has 17 heavy (non-hydrogen) atoms. The van der Waals surface area contributed by atoms with E-state index in [9.17, 15) is 9.50 Å². The minimum atomic E-state index is -0.544. The molecule has 1 fully saturated rings. The standard InChI is InChI=1S/C13H16FNO2/c14-9-1-2-10-11(16)8-13(17-12(10)7-9)3-5-15-6-4-13/h1-2,7,11,15-16H,3-6,8H2/t11-/m1/s1. The van der Waals surface area contributed by atoms with Gasteiger partial charge in [0.05, 0.1) is 6.10 Å². The highest BCUT2D eigenvalue weighted by molar-refractivity contribution is 5.38. The fraction of sp³-hybridized carbons (Fsp3) is 0.538. The molecule has 0 radical (unpaired) electrons. The van der Waals surface area contributed by atoms with Gasteiger partial charge in [0.1, 0.15) is 17.2 Å². The molecule has 92 valence electrons. The molecular formula is C13H16FNO2. The molecule has 2 aliphatic rings. The van der Waals surface area contributed by atoms with E-state index in [1.54, 1.807) is 6.07 Å². The van der Waals surface area contributed by atoms with Crippen molar-refractivity contribution in [2.45, 2.75) is 31.0 Å². The third-order valence-electron chi connectivity index (χ3n) is 3.74. The van der Waals surface area contributed by atoms with Crippen molar-refractivity contribution in [3.05, 3.63) is 29.6 Å². The van der Waals surface area contributed by atoms with E-state index in [4.69, 9.17) is 4.74 Å². The zero-order valence-electron chi connectivity index (χ0n) is 9.58. The highest BCUT2D eigenvalue weighted by Gasteiger charge is 2.41. The second-order valence-corrected chi connectivity index (χ2v) is 4.94. The van der Waals surface area contributed by atoms with Crippen LogP contribution in [0.3, 0.4) is 0 Å². The number of benzene rings is 1. The lowest BCUT2D eigenvalue weighted by Gasteiger charge is -2.43. The van der Waals surface area contributed by atoms with Crippen LogP contribution < -0.4 is 10.1 Å². The highest BCUT2D eigenvalue weighted by atomic mass is 19.1. The molecule has 2 heterocycles. The number of fused-ring (bicyclic) bond motifs is 1. The lowest BCUT2D eigenvalue weighted by molar-refractivity contribution is -0.0339. The van der Waals surface area contributed by atoms with Gasteiger partial charge in [0, 0.05) is 18.1 Å². The summed E-state index contributed by atoms with van der Waals surface area (Å²) in [7, 11) is 0. The molecule has 0 aromatic heterocycles. The molecule has 1 aromatic carbocycles. The number of aliphatic hydroxyl groups excluding tert-OH is 1. The molecule has 4 heteroatoms. The Kier molecular flexibility index (Phi) is 2.56. The summed E-state index contributed by atoms with van der Waals surface area (Å²) in [6, 6.07) is 4.36. The number of rotatable bonds is 0. The number of hydrogen-bond acceptors (Lipinski definition) is 3. The largest absolute Gasteiger partial charge is 0.487 e. The Morgan fingerprint density at radius 2 is 2.12 bits per heavy atom. The van der Waals surface area contributed by atoms with Crippen LogP contribution in [0.25, 0.3) is 0 Å². The van der Waals surface area contributed by atoms with Crippen LogP contribution in [0.1, 0.15) is 30.9 Å². The Balaban J connectivity index is 1.95.